The second-order valence-electron chi connectivity index (χ2n) is 9.01. The molecule has 5 rings (SSSR count). The van der Waals surface area contributed by atoms with E-state index < -0.39 is 17.8 Å². The molecule has 0 atom stereocenters. The summed E-state index contributed by atoms with van der Waals surface area (Å²) in [6.07, 6.45) is 3.10. The summed E-state index contributed by atoms with van der Waals surface area (Å²) in [7, 11) is 0. The van der Waals surface area contributed by atoms with E-state index in [1.807, 2.05) is 48.5 Å². The molecule has 0 radical (unpaired) electrons. The maximum absolute atomic E-state index is 13.1. The first-order valence-corrected chi connectivity index (χ1v) is 12.8. The van der Waals surface area contributed by atoms with Crippen molar-refractivity contribution in [1.82, 2.24) is 0 Å². The van der Waals surface area contributed by atoms with Crippen molar-refractivity contribution in [2.24, 2.45) is 0 Å². The highest BCUT2D eigenvalue weighted by Crippen LogP contribution is 2.30. The molecule has 0 saturated heterocycles. The van der Waals surface area contributed by atoms with Gasteiger partial charge in [-0.05, 0) is 77.7 Å². The van der Waals surface area contributed by atoms with Crippen molar-refractivity contribution in [3.8, 4) is 5.75 Å². The second kappa shape index (κ2) is 10.9. The summed E-state index contributed by atoms with van der Waals surface area (Å²) in [6, 6.07) is 27.0. The number of unbranched alkanes of at least 4 members (excludes halogenated alkanes) is 1. The highest BCUT2D eigenvalue weighted by molar-refractivity contribution is 6.53. The van der Waals surface area contributed by atoms with E-state index in [4.69, 9.17) is 16.3 Å². The van der Waals surface area contributed by atoms with Gasteiger partial charge in [-0.25, -0.2) is 9.69 Å². The van der Waals surface area contributed by atoms with Gasteiger partial charge in [0.1, 0.15) is 16.5 Å². The summed E-state index contributed by atoms with van der Waals surface area (Å²) in [5.41, 5.74) is 2.42. The summed E-state index contributed by atoms with van der Waals surface area (Å²) in [4.78, 5) is 39.6. The quantitative estimate of drug-likeness (QED) is 0.155. The third-order valence-electron chi connectivity index (χ3n) is 6.36. The molecule has 0 spiro atoms. The molecule has 1 heterocycles. The Hall–Kier alpha value is -4.42. The topological polar surface area (TPSA) is 75.7 Å². The molecule has 1 aliphatic rings. The molecule has 4 aromatic rings. The van der Waals surface area contributed by atoms with E-state index in [0.29, 0.717) is 22.7 Å². The van der Waals surface area contributed by atoms with E-state index in [-0.39, 0.29) is 10.7 Å². The lowest BCUT2D eigenvalue weighted by Crippen LogP contribution is -2.32. The van der Waals surface area contributed by atoms with Crippen molar-refractivity contribution in [3.63, 3.8) is 0 Å². The van der Waals surface area contributed by atoms with Gasteiger partial charge in [0.05, 0.1) is 11.3 Å². The standard InChI is InChI=1S/C31H25ClN2O4/c1-2-3-6-20-9-16-25(17-10-20)34-29(35)27(32)28(30(34)36)33-24-14-11-22(12-15-24)31(37)38-26-18-13-21-7-4-5-8-23(21)19-26/h4-5,7-19,33H,2-3,6H2,1H3. The van der Waals surface area contributed by atoms with Crippen LogP contribution in [0.4, 0.5) is 11.4 Å². The molecule has 38 heavy (non-hydrogen) atoms. The number of nitrogens with zero attached hydrogens (tertiary/aromatic N) is 1. The van der Waals surface area contributed by atoms with Crippen LogP contribution in [-0.4, -0.2) is 17.8 Å². The molecule has 0 bridgehead atoms. The molecule has 0 unspecified atom stereocenters. The first kappa shape index (κ1) is 25.2. The van der Waals surface area contributed by atoms with Crippen LogP contribution in [0.15, 0.2) is 102 Å². The minimum absolute atomic E-state index is 0.0155. The zero-order valence-electron chi connectivity index (χ0n) is 20.7. The van der Waals surface area contributed by atoms with Crippen LogP contribution in [0.25, 0.3) is 10.8 Å². The number of anilines is 2. The Morgan fingerprint density at radius 1 is 0.868 bits per heavy atom. The van der Waals surface area contributed by atoms with Gasteiger partial charge in [-0.2, -0.15) is 0 Å². The Bertz CT molecular complexity index is 1560. The molecular weight excluding hydrogens is 500 g/mol. The van der Waals surface area contributed by atoms with Crippen molar-refractivity contribution >= 4 is 51.5 Å². The van der Waals surface area contributed by atoms with E-state index in [2.05, 4.69) is 12.2 Å². The molecule has 4 aromatic carbocycles. The number of ether oxygens (including phenoxy) is 1. The van der Waals surface area contributed by atoms with E-state index in [9.17, 15) is 14.4 Å². The third kappa shape index (κ3) is 5.17. The fraction of sp³-hybridized carbons (Fsp3) is 0.129. The molecule has 0 fully saturated rings. The maximum Gasteiger partial charge on any atom is 0.343 e. The number of rotatable bonds is 8. The van der Waals surface area contributed by atoms with Crippen LogP contribution in [0.5, 0.6) is 5.75 Å². The van der Waals surface area contributed by atoms with Crippen LogP contribution in [-0.2, 0) is 16.0 Å². The highest BCUT2D eigenvalue weighted by Gasteiger charge is 2.38. The number of hydrogen-bond donors (Lipinski definition) is 1. The first-order chi connectivity index (χ1) is 18.4. The van der Waals surface area contributed by atoms with Crippen LogP contribution in [0.2, 0.25) is 0 Å². The molecule has 1 N–H and O–H groups in total. The molecule has 0 saturated carbocycles. The van der Waals surface area contributed by atoms with Crippen molar-refractivity contribution in [2.75, 3.05) is 10.2 Å². The molecule has 1 aliphatic heterocycles. The number of halogens is 1. The Balaban J connectivity index is 1.26. The molecule has 7 heteroatoms. The number of nitrogens with one attached hydrogen (secondary N) is 1. The highest BCUT2D eigenvalue weighted by atomic mass is 35.5. The zero-order chi connectivity index (χ0) is 26.6. The minimum Gasteiger partial charge on any atom is -0.423 e. The Morgan fingerprint density at radius 3 is 2.29 bits per heavy atom. The summed E-state index contributed by atoms with van der Waals surface area (Å²) >= 11 is 6.26. The number of carbonyl (C=O) groups is 3. The van der Waals surface area contributed by atoms with Crippen LogP contribution in [0.1, 0.15) is 35.7 Å². The van der Waals surface area contributed by atoms with Gasteiger partial charge in [0.2, 0.25) is 0 Å². The lowest BCUT2D eigenvalue weighted by atomic mass is 10.1. The summed E-state index contributed by atoms with van der Waals surface area (Å²) in [5, 5.41) is 4.77. The van der Waals surface area contributed by atoms with E-state index in [0.717, 1.165) is 40.5 Å². The summed E-state index contributed by atoms with van der Waals surface area (Å²) in [5.74, 6) is -1.19. The van der Waals surface area contributed by atoms with Crippen molar-refractivity contribution < 1.29 is 19.1 Å². The van der Waals surface area contributed by atoms with Crippen LogP contribution in [0.3, 0.4) is 0 Å². The van der Waals surface area contributed by atoms with Gasteiger partial charge in [-0.1, -0.05) is 67.4 Å². The number of benzene rings is 4. The predicted octanol–water partition coefficient (Wildman–Crippen LogP) is 6.84. The minimum atomic E-state index is -0.587. The molecule has 0 aromatic heterocycles. The number of fused-ring (bicyclic) bond motifs is 1. The number of amides is 2. The number of hydrogen-bond acceptors (Lipinski definition) is 5. The first-order valence-electron chi connectivity index (χ1n) is 12.4. The SMILES string of the molecule is CCCCc1ccc(N2C(=O)C(Cl)=C(Nc3ccc(C(=O)Oc4ccc5ccccc5c4)cc3)C2=O)cc1. The Kier molecular flexibility index (Phi) is 7.24. The molecule has 0 aliphatic carbocycles. The molecule has 6 nitrogen and oxygen atoms in total. The van der Waals surface area contributed by atoms with Gasteiger partial charge in [-0.15, -0.1) is 0 Å². The summed E-state index contributed by atoms with van der Waals surface area (Å²) in [6.45, 7) is 2.13. The van der Waals surface area contributed by atoms with Crippen molar-refractivity contribution in [1.29, 1.82) is 0 Å². The molecule has 190 valence electrons. The summed E-state index contributed by atoms with van der Waals surface area (Å²) < 4.78 is 5.53. The van der Waals surface area contributed by atoms with Crippen LogP contribution >= 0.6 is 11.6 Å². The third-order valence-corrected chi connectivity index (χ3v) is 6.71. The smallest absolute Gasteiger partial charge is 0.343 e. The monoisotopic (exact) mass is 524 g/mol. The average molecular weight is 525 g/mol. The number of aryl methyl sites for hydroxylation is 1. The van der Waals surface area contributed by atoms with Gasteiger partial charge in [0.15, 0.2) is 0 Å². The Labute approximate surface area is 225 Å². The number of carbonyl (C=O) groups excluding carboxylic acids is 3. The van der Waals surface area contributed by atoms with Gasteiger partial charge in [0, 0.05) is 5.69 Å². The number of esters is 1. The lowest BCUT2D eigenvalue weighted by molar-refractivity contribution is -0.120. The van der Waals surface area contributed by atoms with Gasteiger partial charge < -0.3 is 10.1 Å². The molecule has 2 amide bonds. The normalized spacial score (nSPS) is 13.4. The zero-order valence-corrected chi connectivity index (χ0v) is 21.5. The van der Waals surface area contributed by atoms with Gasteiger partial charge in [-0.3, -0.25) is 9.59 Å². The lowest BCUT2D eigenvalue weighted by Gasteiger charge is -2.15. The van der Waals surface area contributed by atoms with Crippen LogP contribution in [0, 0.1) is 0 Å². The van der Waals surface area contributed by atoms with Crippen LogP contribution < -0.4 is 15.0 Å². The maximum atomic E-state index is 13.1. The van der Waals surface area contributed by atoms with E-state index in [1.54, 1.807) is 42.5 Å². The predicted molar refractivity (Wildman–Crippen MR) is 149 cm³/mol. The van der Waals surface area contributed by atoms with Gasteiger partial charge >= 0.3 is 5.97 Å². The van der Waals surface area contributed by atoms with E-state index >= 15 is 0 Å². The number of imide groups is 1. The second-order valence-corrected chi connectivity index (χ2v) is 9.38. The van der Waals surface area contributed by atoms with Gasteiger partial charge in [0.25, 0.3) is 11.8 Å². The van der Waals surface area contributed by atoms with Crippen molar-refractivity contribution in [2.45, 2.75) is 26.2 Å². The van der Waals surface area contributed by atoms with Crippen molar-refractivity contribution in [3.05, 3.63) is 113 Å². The fourth-order valence-corrected chi connectivity index (χ4v) is 4.48. The Morgan fingerprint density at radius 2 is 1.58 bits per heavy atom. The largest absolute Gasteiger partial charge is 0.423 e. The fourth-order valence-electron chi connectivity index (χ4n) is 4.27. The molecular formula is C31H25ClN2O4. The average Bonchev–Trinajstić information content (AvgIpc) is 3.15. The van der Waals surface area contributed by atoms with E-state index in [1.165, 1.54) is 0 Å².